The lowest BCUT2D eigenvalue weighted by Gasteiger charge is -2.34. The van der Waals surface area contributed by atoms with Crippen LogP contribution >= 0.6 is 0 Å². The molecule has 0 radical (unpaired) electrons. The molecule has 1 aliphatic rings. The number of ether oxygens (including phenoxy) is 2. The van der Waals surface area contributed by atoms with Gasteiger partial charge in [0.2, 0.25) is 0 Å². The predicted octanol–water partition coefficient (Wildman–Crippen LogP) is 3.86. The number of hydrogen-bond donors (Lipinski definition) is 0. The Hall–Kier alpha value is -1.35. The molecule has 0 aromatic heterocycles. The quantitative estimate of drug-likeness (QED) is 0.766. The fourth-order valence-electron chi connectivity index (χ4n) is 2.59. The van der Waals surface area contributed by atoms with Gasteiger partial charge < -0.3 is 9.47 Å². The maximum absolute atomic E-state index is 12.0. The summed E-state index contributed by atoms with van der Waals surface area (Å²) in [6.45, 7) is 4.77. The van der Waals surface area contributed by atoms with E-state index in [4.69, 9.17) is 9.47 Å². The Kier molecular flexibility index (Phi) is 4.81. The highest BCUT2D eigenvalue weighted by atomic mass is 16.5. The van der Waals surface area contributed by atoms with Gasteiger partial charge in [-0.25, -0.2) is 0 Å². The lowest BCUT2D eigenvalue weighted by atomic mass is 9.76. The van der Waals surface area contributed by atoms with Crippen molar-refractivity contribution in [3.05, 3.63) is 29.8 Å². The summed E-state index contributed by atoms with van der Waals surface area (Å²) in [7, 11) is 1.62. The molecule has 0 N–H and O–H groups in total. The van der Waals surface area contributed by atoms with Crippen LogP contribution in [-0.2, 0) is 4.74 Å². The molecule has 3 nitrogen and oxygen atoms in total. The first-order valence-electron chi connectivity index (χ1n) is 7.29. The number of methoxy groups -OCH3 is 1. The van der Waals surface area contributed by atoms with Crippen molar-refractivity contribution in [2.75, 3.05) is 13.7 Å². The second-order valence-corrected chi connectivity index (χ2v) is 6.33. The van der Waals surface area contributed by atoms with E-state index >= 15 is 0 Å². The van der Waals surface area contributed by atoms with Crippen LogP contribution in [0.1, 0.15) is 49.9 Å². The summed E-state index contributed by atoms with van der Waals surface area (Å²) < 4.78 is 10.8. The maximum atomic E-state index is 12.0. The summed E-state index contributed by atoms with van der Waals surface area (Å²) in [5.74, 6) is 0.800. The zero-order valence-corrected chi connectivity index (χ0v) is 12.6. The molecule has 0 unspecified atom stereocenters. The Bertz CT molecular complexity index is 438. The normalized spacial score (nSPS) is 18.8. The van der Waals surface area contributed by atoms with Crippen LogP contribution < -0.4 is 4.74 Å². The summed E-state index contributed by atoms with van der Waals surface area (Å²) in [6, 6.07) is 7.18. The molecule has 0 spiro atoms. The lowest BCUT2D eigenvalue weighted by molar-refractivity contribution is 0.00862. The van der Waals surface area contributed by atoms with Crippen molar-refractivity contribution in [2.45, 2.75) is 45.6 Å². The zero-order chi connectivity index (χ0) is 14.6. The fraction of sp³-hybridized carbons (Fsp3) is 0.588. The highest BCUT2D eigenvalue weighted by Crippen LogP contribution is 2.36. The van der Waals surface area contributed by atoms with Gasteiger partial charge in [-0.2, -0.15) is 0 Å². The minimum Gasteiger partial charge on any atom is -0.497 e. The van der Waals surface area contributed by atoms with Gasteiger partial charge in [0.25, 0.3) is 0 Å². The first-order valence-corrected chi connectivity index (χ1v) is 7.29. The third-order valence-corrected chi connectivity index (χ3v) is 4.15. The van der Waals surface area contributed by atoms with Crippen molar-refractivity contribution in [3.8, 4) is 5.75 Å². The molecule has 1 fully saturated rings. The van der Waals surface area contributed by atoms with Crippen LogP contribution in [0, 0.1) is 5.41 Å². The van der Waals surface area contributed by atoms with Gasteiger partial charge in [-0.15, -0.1) is 0 Å². The van der Waals surface area contributed by atoms with E-state index < -0.39 is 0 Å². The average Bonchev–Trinajstić information content (AvgIpc) is 2.46. The van der Waals surface area contributed by atoms with Crippen molar-refractivity contribution in [1.29, 1.82) is 0 Å². The number of ketones is 1. The molecule has 0 heterocycles. The van der Waals surface area contributed by atoms with E-state index in [9.17, 15) is 4.79 Å². The van der Waals surface area contributed by atoms with E-state index in [0.717, 1.165) is 18.6 Å². The SMILES string of the molecule is COc1ccc(C(=O)COC2CCC(C)(C)CC2)cc1. The number of Topliss-reactive ketones (excluding diaryl/α,β-unsaturated/α-hetero) is 1. The van der Waals surface area contributed by atoms with Gasteiger partial charge in [0.15, 0.2) is 5.78 Å². The third-order valence-electron chi connectivity index (χ3n) is 4.15. The summed E-state index contributed by atoms with van der Waals surface area (Å²) >= 11 is 0. The van der Waals surface area contributed by atoms with Crippen LogP contribution in [0.5, 0.6) is 5.75 Å². The van der Waals surface area contributed by atoms with Gasteiger partial charge in [0.05, 0.1) is 13.2 Å². The molecule has 0 amide bonds. The van der Waals surface area contributed by atoms with Crippen molar-refractivity contribution < 1.29 is 14.3 Å². The molecule has 0 aliphatic heterocycles. The summed E-state index contributed by atoms with van der Waals surface area (Å²) in [5, 5.41) is 0. The minimum absolute atomic E-state index is 0.0393. The molecule has 1 aromatic rings. The molecular weight excluding hydrogens is 252 g/mol. The maximum Gasteiger partial charge on any atom is 0.188 e. The first kappa shape index (κ1) is 15.0. The molecule has 3 heteroatoms. The molecule has 1 saturated carbocycles. The molecular formula is C17H24O3. The summed E-state index contributed by atoms with van der Waals surface area (Å²) in [5.41, 5.74) is 1.11. The van der Waals surface area contributed by atoms with Crippen LogP contribution in [0.2, 0.25) is 0 Å². The smallest absolute Gasteiger partial charge is 0.188 e. The number of carbonyl (C=O) groups is 1. The van der Waals surface area contributed by atoms with Crippen molar-refractivity contribution in [3.63, 3.8) is 0 Å². The second kappa shape index (κ2) is 6.40. The second-order valence-electron chi connectivity index (χ2n) is 6.33. The molecule has 110 valence electrons. The molecule has 0 saturated heterocycles. The molecule has 1 aliphatic carbocycles. The summed E-state index contributed by atoms with van der Waals surface area (Å²) in [4.78, 5) is 12.0. The van der Waals surface area contributed by atoms with Crippen LogP contribution in [0.3, 0.4) is 0 Å². The van der Waals surface area contributed by atoms with Gasteiger partial charge in [-0.05, 0) is 55.4 Å². The predicted molar refractivity (Wildman–Crippen MR) is 79.3 cm³/mol. The Balaban J connectivity index is 1.80. The third kappa shape index (κ3) is 4.07. The molecule has 1 aromatic carbocycles. The number of carbonyl (C=O) groups excluding carboxylic acids is 1. The van der Waals surface area contributed by atoms with Gasteiger partial charge in [-0.3, -0.25) is 4.79 Å². The van der Waals surface area contributed by atoms with Gasteiger partial charge in [0, 0.05) is 5.56 Å². The van der Waals surface area contributed by atoms with E-state index in [1.165, 1.54) is 12.8 Å². The van der Waals surface area contributed by atoms with E-state index in [1.807, 2.05) is 0 Å². The molecule has 20 heavy (non-hydrogen) atoms. The van der Waals surface area contributed by atoms with Gasteiger partial charge in [0.1, 0.15) is 12.4 Å². The monoisotopic (exact) mass is 276 g/mol. The fourth-order valence-corrected chi connectivity index (χ4v) is 2.59. The summed E-state index contributed by atoms with van der Waals surface area (Å²) in [6.07, 6.45) is 4.71. The zero-order valence-electron chi connectivity index (χ0n) is 12.6. The van der Waals surface area contributed by atoms with Gasteiger partial charge >= 0.3 is 0 Å². The van der Waals surface area contributed by atoms with E-state index in [2.05, 4.69) is 13.8 Å². The number of rotatable bonds is 5. The average molecular weight is 276 g/mol. The largest absolute Gasteiger partial charge is 0.497 e. The van der Waals surface area contributed by atoms with Crippen LogP contribution in [0.25, 0.3) is 0 Å². The van der Waals surface area contributed by atoms with Crippen LogP contribution in [0.4, 0.5) is 0 Å². The van der Waals surface area contributed by atoms with Crippen molar-refractivity contribution >= 4 is 5.78 Å². The van der Waals surface area contributed by atoms with Gasteiger partial charge in [-0.1, -0.05) is 13.8 Å². The lowest BCUT2D eigenvalue weighted by Crippen LogP contribution is -2.28. The Morgan fingerprint density at radius 2 is 1.80 bits per heavy atom. The minimum atomic E-state index is 0.0393. The van der Waals surface area contributed by atoms with E-state index in [-0.39, 0.29) is 18.5 Å². The van der Waals surface area contributed by atoms with Crippen molar-refractivity contribution in [1.82, 2.24) is 0 Å². The van der Waals surface area contributed by atoms with Crippen molar-refractivity contribution in [2.24, 2.45) is 5.41 Å². The Labute approximate surface area is 121 Å². The number of hydrogen-bond acceptors (Lipinski definition) is 3. The highest BCUT2D eigenvalue weighted by molar-refractivity contribution is 5.97. The number of benzene rings is 1. The topological polar surface area (TPSA) is 35.5 Å². The van der Waals surface area contributed by atoms with Crippen LogP contribution in [0.15, 0.2) is 24.3 Å². The van der Waals surface area contributed by atoms with Crippen LogP contribution in [-0.4, -0.2) is 25.6 Å². The highest BCUT2D eigenvalue weighted by Gasteiger charge is 2.27. The van der Waals surface area contributed by atoms with E-state index in [1.54, 1.807) is 31.4 Å². The first-order chi connectivity index (χ1) is 9.50. The Morgan fingerprint density at radius 1 is 1.20 bits per heavy atom. The molecule has 0 atom stereocenters. The molecule has 0 bridgehead atoms. The van der Waals surface area contributed by atoms with E-state index in [0.29, 0.717) is 11.0 Å². The molecule has 2 rings (SSSR count). The Morgan fingerprint density at radius 3 is 2.35 bits per heavy atom. The standard InChI is InChI=1S/C17H24O3/c1-17(2)10-8-15(9-11-17)20-12-16(18)13-4-6-14(19-3)7-5-13/h4-7,15H,8-12H2,1-3H3.